The zero-order valence-electron chi connectivity index (χ0n) is 17.1. The minimum Gasteiger partial charge on any atom is -0.441 e. The van der Waals surface area contributed by atoms with Crippen LogP contribution in [0.4, 0.5) is 8.78 Å². The van der Waals surface area contributed by atoms with Crippen molar-refractivity contribution in [1.29, 1.82) is 0 Å². The van der Waals surface area contributed by atoms with E-state index in [4.69, 9.17) is 4.42 Å². The first kappa shape index (κ1) is 19.7. The van der Waals surface area contributed by atoms with Crippen LogP contribution >= 0.6 is 0 Å². The Morgan fingerprint density at radius 1 is 1.13 bits per heavy atom. The summed E-state index contributed by atoms with van der Waals surface area (Å²) in [5.41, 5.74) is 0.633. The molecule has 30 heavy (non-hydrogen) atoms. The zero-order valence-corrected chi connectivity index (χ0v) is 17.1. The third-order valence-electron chi connectivity index (χ3n) is 7.46. The second kappa shape index (κ2) is 7.78. The first-order valence-electron chi connectivity index (χ1n) is 11.1. The predicted molar refractivity (Wildman–Crippen MR) is 108 cm³/mol. The van der Waals surface area contributed by atoms with Crippen LogP contribution in [0.3, 0.4) is 0 Å². The molecule has 6 rings (SSSR count). The van der Waals surface area contributed by atoms with Crippen molar-refractivity contribution >= 4 is 5.91 Å². The Balaban J connectivity index is 1.09. The second-order valence-corrected chi connectivity index (χ2v) is 9.76. The largest absolute Gasteiger partial charge is 0.441 e. The second-order valence-electron chi connectivity index (χ2n) is 9.76. The van der Waals surface area contributed by atoms with Gasteiger partial charge in [0.1, 0.15) is 11.6 Å². The van der Waals surface area contributed by atoms with Gasteiger partial charge < -0.3 is 9.73 Å². The highest BCUT2D eigenvalue weighted by Crippen LogP contribution is 2.61. The number of amides is 1. The van der Waals surface area contributed by atoms with Gasteiger partial charge in [-0.25, -0.2) is 13.8 Å². The van der Waals surface area contributed by atoms with Crippen LogP contribution in [0.25, 0.3) is 11.3 Å². The summed E-state index contributed by atoms with van der Waals surface area (Å²) in [6.07, 6.45) is 11.5. The smallest absolute Gasteiger partial charge is 0.220 e. The number of hydrogen-bond donors (Lipinski definition) is 1. The minimum absolute atomic E-state index is 0.00700. The number of oxazole rings is 1. The Morgan fingerprint density at radius 2 is 1.83 bits per heavy atom. The lowest BCUT2D eigenvalue weighted by atomic mass is 9.49. The summed E-state index contributed by atoms with van der Waals surface area (Å²) >= 11 is 0. The molecule has 1 aromatic heterocycles. The topological polar surface area (TPSA) is 55.1 Å². The highest BCUT2D eigenvalue weighted by atomic mass is 19.1. The van der Waals surface area contributed by atoms with E-state index in [1.807, 2.05) is 0 Å². The SMILES string of the molecule is O=C(CCc1ncc(-c2ccc(F)cc2F)o1)NCCC12CC3CC(CC(C3)C1)C2. The number of hydrogen-bond acceptors (Lipinski definition) is 3. The van der Waals surface area contributed by atoms with Gasteiger partial charge in [-0.2, -0.15) is 0 Å². The lowest BCUT2D eigenvalue weighted by molar-refractivity contribution is -0.121. The van der Waals surface area contributed by atoms with Crippen molar-refractivity contribution in [3.63, 3.8) is 0 Å². The standard InChI is InChI=1S/C24H28F2N2O2/c25-18-1-2-19(20(26)10-18)21-14-28-23(30-21)4-3-22(29)27-6-5-24-11-15-7-16(12-24)9-17(8-15)13-24/h1-2,10,14-17H,3-9,11-13H2,(H,27,29). The number of halogens is 2. The van der Waals surface area contributed by atoms with E-state index in [0.29, 0.717) is 17.7 Å². The minimum atomic E-state index is -0.694. The van der Waals surface area contributed by atoms with Crippen LogP contribution in [0.15, 0.2) is 28.8 Å². The Morgan fingerprint density at radius 3 is 2.50 bits per heavy atom. The Labute approximate surface area is 175 Å². The van der Waals surface area contributed by atoms with Gasteiger partial charge in [-0.1, -0.05) is 0 Å². The highest BCUT2D eigenvalue weighted by Gasteiger charge is 2.50. The summed E-state index contributed by atoms with van der Waals surface area (Å²) in [6, 6.07) is 3.32. The molecule has 6 heteroatoms. The molecule has 0 unspecified atom stereocenters. The Hall–Kier alpha value is -2.24. The number of nitrogens with zero attached hydrogens (tertiary/aromatic N) is 1. The fourth-order valence-electron chi connectivity index (χ4n) is 6.61. The molecule has 0 atom stereocenters. The molecule has 1 aromatic carbocycles. The van der Waals surface area contributed by atoms with Crippen molar-refractivity contribution in [3.05, 3.63) is 41.9 Å². The molecule has 4 saturated carbocycles. The highest BCUT2D eigenvalue weighted by molar-refractivity contribution is 5.76. The number of benzene rings is 1. The van der Waals surface area contributed by atoms with Crippen LogP contribution in [0.5, 0.6) is 0 Å². The van der Waals surface area contributed by atoms with Crippen LogP contribution in [0.2, 0.25) is 0 Å². The van der Waals surface area contributed by atoms with Crippen molar-refractivity contribution in [2.24, 2.45) is 23.2 Å². The monoisotopic (exact) mass is 414 g/mol. The number of carbonyl (C=O) groups is 1. The molecule has 0 spiro atoms. The van der Waals surface area contributed by atoms with E-state index in [1.54, 1.807) is 0 Å². The van der Waals surface area contributed by atoms with Gasteiger partial charge in [0, 0.05) is 25.5 Å². The van der Waals surface area contributed by atoms with Crippen LogP contribution in [0.1, 0.15) is 57.3 Å². The quantitative estimate of drug-likeness (QED) is 0.671. The molecule has 4 nitrogen and oxygen atoms in total. The van der Waals surface area contributed by atoms with E-state index in [1.165, 1.54) is 56.9 Å². The van der Waals surface area contributed by atoms with E-state index < -0.39 is 11.6 Å². The van der Waals surface area contributed by atoms with E-state index >= 15 is 0 Å². The average Bonchev–Trinajstić information content (AvgIpc) is 3.14. The molecule has 4 bridgehead atoms. The summed E-state index contributed by atoms with van der Waals surface area (Å²) in [6.45, 7) is 0.739. The molecule has 4 fully saturated rings. The number of aryl methyl sites for hydroxylation is 1. The number of aromatic nitrogens is 1. The Bertz CT molecular complexity index is 904. The number of rotatable bonds is 7. The van der Waals surface area contributed by atoms with E-state index in [-0.39, 0.29) is 23.7 Å². The van der Waals surface area contributed by atoms with Gasteiger partial charge in [0.25, 0.3) is 0 Å². The van der Waals surface area contributed by atoms with Crippen LogP contribution in [0, 0.1) is 34.8 Å². The summed E-state index contributed by atoms with van der Waals surface area (Å²) in [5, 5.41) is 3.07. The fourth-order valence-corrected chi connectivity index (χ4v) is 6.61. The van der Waals surface area contributed by atoms with E-state index in [9.17, 15) is 13.6 Å². The van der Waals surface area contributed by atoms with Crippen molar-refractivity contribution in [2.45, 2.75) is 57.8 Å². The third-order valence-corrected chi connectivity index (χ3v) is 7.46. The molecule has 1 N–H and O–H groups in total. The van der Waals surface area contributed by atoms with Crippen LogP contribution in [-0.2, 0) is 11.2 Å². The molecule has 0 aliphatic heterocycles. The lowest BCUT2D eigenvalue weighted by Gasteiger charge is -2.57. The van der Waals surface area contributed by atoms with Gasteiger partial charge in [-0.3, -0.25) is 4.79 Å². The van der Waals surface area contributed by atoms with Crippen molar-refractivity contribution < 1.29 is 18.0 Å². The van der Waals surface area contributed by atoms with Crippen LogP contribution in [-0.4, -0.2) is 17.4 Å². The first-order chi connectivity index (χ1) is 14.5. The number of carbonyl (C=O) groups excluding carboxylic acids is 1. The molecule has 0 saturated heterocycles. The molecule has 1 heterocycles. The first-order valence-corrected chi connectivity index (χ1v) is 11.1. The maximum Gasteiger partial charge on any atom is 0.220 e. The summed E-state index contributed by atoms with van der Waals surface area (Å²) in [5.74, 6) is 2.06. The molecular formula is C24H28F2N2O2. The number of nitrogens with one attached hydrogen (secondary N) is 1. The maximum absolute atomic E-state index is 13.9. The van der Waals surface area contributed by atoms with Gasteiger partial charge in [0.15, 0.2) is 11.7 Å². The fraction of sp³-hybridized carbons (Fsp3) is 0.583. The van der Waals surface area contributed by atoms with Gasteiger partial charge in [0.2, 0.25) is 5.91 Å². The lowest BCUT2D eigenvalue weighted by Crippen LogP contribution is -2.47. The molecule has 160 valence electrons. The van der Waals surface area contributed by atoms with Gasteiger partial charge in [-0.15, -0.1) is 0 Å². The average molecular weight is 414 g/mol. The van der Waals surface area contributed by atoms with Crippen LogP contribution < -0.4 is 5.32 Å². The maximum atomic E-state index is 13.9. The van der Waals surface area contributed by atoms with Gasteiger partial charge in [0.05, 0.1) is 11.8 Å². The molecule has 0 radical (unpaired) electrons. The van der Waals surface area contributed by atoms with E-state index in [2.05, 4.69) is 10.3 Å². The Kier molecular flexibility index (Phi) is 5.11. The summed E-state index contributed by atoms with van der Waals surface area (Å²) < 4.78 is 32.5. The third kappa shape index (κ3) is 4.01. The summed E-state index contributed by atoms with van der Waals surface area (Å²) in [7, 11) is 0. The molecule has 4 aliphatic carbocycles. The zero-order chi connectivity index (χ0) is 20.7. The molecule has 1 amide bonds. The van der Waals surface area contributed by atoms with Gasteiger partial charge in [-0.05, 0) is 80.2 Å². The normalized spacial score (nSPS) is 29.3. The van der Waals surface area contributed by atoms with Crippen molar-refractivity contribution in [2.75, 3.05) is 6.54 Å². The van der Waals surface area contributed by atoms with Crippen molar-refractivity contribution in [3.8, 4) is 11.3 Å². The van der Waals surface area contributed by atoms with Crippen molar-refractivity contribution in [1.82, 2.24) is 10.3 Å². The molecule has 2 aromatic rings. The molecular weight excluding hydrogens is 386 g/mol. The summed E-state index contributed by atoms with van der Waals surface area (Å²) in [4.78, 5) is 16.4. The van der Waals surface area contributed by atoms with E-state index in [0.717, 1.165) is 36.8 Å². The van der Waals surface area contributed by atoms with Gasteiger partial charge >= 0.3 is 0 Å². The predicted octanol–water partition coefficient (Wildman–Crippen LogP) is 5.28. The molecule has 4 aliphatic rings.